The first-order chi connectivity index (χ1) is 8.89. The number of hydrogen-bond donors (Lipinski definition) is 1. The molecule has 0 saturated carbocycles. The van der Waals surface area contributed by atoms with Crippen LogP contribution >= 0.6 is 0 Å². The van der Waals surface area contributed by atoms with Crippen molar-refractivity contribution in [2.75, 3.05) is 4.72 Å². The van der Waals surface area contributed by atoms with E-state index in [1.165, 1.54) is 16.9 Å². The van der Waals surface area contributed by atoms with E-state index in [0.717, 1.165) is 0 Å². The first-order valence-corrected chi connectivity index (χ1v) is 6.91. The highest BCUT2D eigenvalue weighted by atomic mass is 32.2. The van der Waals surface area contributed by atoms with Gasteiger partial charge >= 0.3 is 0 Å². The number of aryl methyl sites for hydroxylation is 2. The number of nitrogens with zero attached hydrogens (tertiary/aromatic N) is 4. The average Bonchev–Trinajstić information content (AvgIpc) is 2.83. The van der Waals surface area contributed by atoms with E-state index in [4.69, 9.17) is 9.78 Å². The van der Waals surface area contributed by atoms with Crippen LogP contribution in [-0.2, 0) is 22.8 Å². The standard InChI is InChI=1S/C10H11N5O3S/c1-7-3-9(13-18-7)6-19(16,17)14-10-8(4-11)5-15(2)12-10/h3,5H,6H2,1-2H3,(H,12,14). The van der Waals surface area contributed by atoms with Crippen LogP contribution in [0.2, 0.25) is 0 Å². The fourth-order valence-electron chi connectivity index (χ4n) is 1.51. The molecule has 9 heteroatoms. The highest BCUT2D eigenvalue weighted by Gasteiger charge is 2.18. The Labute approximate surface area is 109 Å². The van der Waals surface area contributed by atoms with Crippen molar-refractivity contribution in [2.45, 2.75) is 12.7 Å². The number of sulfonamides is 1. The Bertz CT molecular complexity index is 738. The Balaban J connectivity index is 2.19. The molecule has 0 aromatic carbocycles. The number of nitriles is 1. The van der Waals surface area contributed by atoms with Crippen molar-refractivity contribution in [1.29, 1.82) is 5.26 Å². The Morgan fingerprint density at radius 1 is 1.58 bits per heavy atom. The van der Waals surface area contributed by atoms with Gasteiger partial charge in [0.05, 0.1) is 0 Å². The van der Waals surface area contributed by atoms with Gasteiger partial charge < -0.3 is 4.52 Å². The molecule has 2 aromatic heterocycles. The highest BCUT2D eigenvalue weighted by Crippen LogP contribution is 2.15. The molecule has 2 aromatic rings. The van der Waals surface area contributed by atoms with Crippen molar-refractivity contribution in [3.8, 4) is 6.07 Å². The van der Waals surface area contributed by atoms with Gasteiger partial charge in [-0.1, -0.05) is 5.16 Å². The molecule has 0 fully saturated rings. The topological polar surface area (TPSA) is 114 Å². The zero-order chi connectivity index (χ0) is 14.0. The molecule has 0 saturated heterocycles. The largest absolute Gasteiger partial charge is 0.361 e. The van der Waals surface area contributed by atoms with Crippen molar-refractivity contribution >= 4 is 15.8 Å². The van der Waals surface area contributed by atoms with Crippen LogP contribution in [0.1, 0.15) is 17.0 Å². The summed E-state index contributed by atoms with van der Waals surface area (Å²) in [6.45, 7) is 1.67. The minimum absolute atomic E-state index is 0.00483. The molecular formula is C10H11N5O3S. The van der Waals surface area contributed by atoms with Gasteiger partial charge in [0.25, 0.3) is 0 Å². The van der Waals surface area contributed by atoms with Crippen molar-refractivity contribution in [3.05, 3.63) is 29.3 Å². The van der Waals surface area contributed by atoms with Crippen molar-refractivity contribution in [1.82, 2.24) is 14.9 Å². The summed E-state index contributed by atoms with van der Waals surface area (Å²) in [5, 5.41) is 16.3. The first-order valence-electron chi connectivity index (χ1n) is 5.26. The second-order valence-corrected chi connectivity index (χ2v) is 5.69. The second kappa shape index (κ2) is 4.74. The van der Waals surface area contributed by atoms with E-state index < -0.39 is 10.0 Å². The Hall–Kier alpha value is -2.34. The fourth-order valence-corrected chi connectivity index (χ4v) is 2.55. The molecule has 2 heterocycles. The summed E-state index contributed by atoms with van der Waals surface area (Å²) < 4.78 is 32.2. The predicted octanol–water partition coefficient (Wildman–Crippen LogP) is 0.530. The number of aromatic nitrogens is 3. The van der Waals surface area contributed by atoms with Crippen LogP contribution < -0.4 is 4.72 Å². The molecule has 19 heavy (non-hydrogen) atoms. The lowest BCUT2D eigenvalue weighted by Crippen LogP contribution is -2.16. The van der Waals surface area contributed by atoms with Crippen molar-refractivity contribution in [2.24, 2.45) is 7.05 Å². The smallest absolute Gasteiger partial charge is 0.239 e. The fraction of sp³-hybridized carbons (Fsp3) is 0.300. The molecule has 0 radical (unpaired) electrons. The maximum absolute atomic E-state index is 11.9. The second-order valence-electron chi connectivity index (χ2n) is 3.97. The number of rotatable bonds is 4. The average molecular weight is 281 g/mol. The van der Waals surface area contributed by atoms with E-state index in [0.29, 0.717) is 11.5 Å². The van der Waals surface area contributed by atoms with E-state index in [-0.39, 0.29) is 17.1 Å². The third kappa shape index (κ3) is 3.11. The molecule has 0 unspecified atom stereocenters. The van der Waals surface area contributed by atoms with Gasteiger partial charge in [-0.3, -0.25) is 9.40 Å². The van der Waals surface area contributed by atoms with Gasteiger partial charge in [-0.15, -0.1) is 0 Å². The van der Waals surface area contributed by atoms with Crippen molar-refractivity contribution < 1.29 is 12.9 Å². The van der Waals surface area contributed by atoms with Gasteiger partial charge in [0.15, 0.2) is 5.82 Å². The van der Waals surface area contributed by atoms with Gasteiger partial charge in [-0.05, 0) is 6.92 Å². The number of nitrogens with one attached hydrogen (secondary N) is 1. The maximum Gasteiger partial charge on any atom is 0.239 e. The Morgan fingerprint density at radius 2 is 2.32 bits per heavy atom. The van der Waals surface area contributed by atoms with Gasteiger partial charge in [-0.25, -0.2) is 8.42 Å². The number of hydrogen-bond acceptors (Lipinski definition) is 6. The molecule has 8 nitrogen and oxygen atoms in total. The molecule has 0 aliphatic heterocycles. The van der Waals surface area contributed by atoms with E-state index in [1.54, 1.807) is 14.0 Å². The van der Waals surface area contributed by atoms with Crippen LogP contribution in [0.15, 0.2) is 16.8 Å². The number of anilines is 1. The van der Waals surface area contributed by atoms with E-state index in [1.807, 2.05) is 6.07 Å². The van der Waals surface area contributed by atoms with Crippen LogP contribution in [-0.4, -0.2) is 23.4 Å². The van der Waals surface area contributed by atoms with Crippen LogP contribution in [0.25, 0.3) is 0 Å². The lowest BCUT2D eigenvalue weighted by atomic mass is 10.4. The van der Waals surface area contributed by atoms with Gasteiger partial charge in [0.1, 0.15) is 28.8 Å². The summed E-state index contributed by atoms with van der Waals surface area (Å²) in [5.41, 5.74) is 0.446. The lowest BCUT2D eigenvalue weighted by Gasteiger charge is -2.03. The van der Waals surface area contributed by atoms with Crippen LogP contribution in [0.3, 0.4) is 0 Å². The first kappa shape index (κ1) is 13.1. The Kier molecular flexibility index (Phi) is 3.26. The molecular weight excluding hydrogens is 270 g/mol. The Morgan fingerprint density at radius 3 is 2.89 bits per heavy atom. The van der Waals surface area contributed by atoms with E-state index >= 15 is 0 Å². The van der Waals surface area contributed by atoms with Crippen molar-refractivity contribution in [3.63, 3.8) is 0 Å². The summed E-state index contributed by atoms with van der Waals surface area (Å²) in [5.74, 6) is 0.192. The minimum atomic E-state index is -3.69. The maximum atomic E-state index is 11.9. The molecule has 0 spiro atoms. The van der Waals surface area contributed by atoms with Gasteiger partial charge in [-0.2, -0.15) is 10.4 Å². The zero-order valence-electron chi connectivity index (χ0n) is 10.3. The quantitative estimate of drug-likeness (QED) is 0.874. The summed E-state index contributed by atoms with van der Waals surface area (Å²) in [4.78, 5) is 0. The molecule has 2 rings (SSSR count). The molecule has 0 aliphatic rings. The van der Waals surface area contributed by atoms with Gasteiger partial charge in [0, 0.05) is 19.3 Å². The van der Waals surface area contributed by atoms with E-state index in [9.17, 15) is 8.42 Å². The predicted molar refractivity (Wildman–Crippen MR) is 65.4 cm³/mol. The monoisotopic (exact) mass is 281 g/mol. The molecule has 0 aliphatic carbocycles. The normalized spacial score (nSPS) is 11.2. The van der Waals surface area contributed by atoms with Crippen LogP contribution in [0.5, 0.6) is 0 Å². The zero-order valence-corrected chi connectivity index (χ0v) is 11.1. The highest BCUT2D eigenvalue weighted by molar-refractivity contribution is 7.91. The summed E-state index contributed by atoms with van der Waals surface area (Å²) in [6, 6.07) is 3.39. The lowest BCUT2D eigenvalue weighted by molar-refractivity contribution is 0.392. The molecule has 0 bridgehead atoms. The molecule has 100 valence electrons. The van der Waals surface area contributed by atoms with E-state index in [2.05, 4.69) is 15.0 Å². The third-order valence-corrected chi connectivity index (χ3v) is 3.40. The van der Waals surface area contributed by atoms with Crippen LogP contribution in [0, 0.1) is 18.3 Å². The molecule has 1 N–H and O–H groups in total. The third-order valence-electron chi connectivity index (χ3n) is 2.22. The molecule has 0 amide bonds. The molecule has 0 atom stereocenters. The minimum Gasteiger partial charge on any atom is -0.361 e. The summed E-state index contributed by atoms with van der Waals surface area (Å²) in [7, 11) is -2.10. The van der Waals surface area contributed by atoms with Gasteiger partial charge in [0.2, 0.25) is 10.0 Å². The summed E-state index contributed by atoms with van der Waals surface area (Å²) >= 11 is 0. The SMILES string of the molecule is Cc1cc(CS(=O)(=O)Nc2nn(C)cc2C#N)no1. The summed E-state index contributed by atoms with van der Waals surface area (Å²) in [6.07, 6.45) is 1.43. The van der Waals surface area contributed by atoms with Crippen LogP contribution in [0.4, 0.5) is 5.82 Å².